The maximum Gasteiger partial charge on any atom is 0.0537 e. The highest BCUT2D eigenvalue weighted by Crippen LogP contribution is 2.47. The molecule has 2 heteroatoms. The lowest BCUT2D eigenvalue weighted by atomic mass is 9.91. The Balaban J connectivity index is 1.29. The Bertz CT molecular complexity index is 2300. The fourth-order valence-electron chi connectivity index (χ4n) is 7.21. The molecule has 0 aliphatic heterocycles. The van der Waals surface area contributed by atoms with Crippen molar-refractivity contribution in [2.45, 2.75) is 12.8 Å². The molecule has 2 heterocycles. The average molecular weight is 537 g/mol. The minimum atomic E-state index is 0.986. The van der Waals surface area contributed by atoms with Gasteiger partial charge in [-0.15, -0.1) is 0 Å². The van der Waals surface area contributed by atoms with Gasteiger partial charge in [0.15, 0.2) is 0 Å². The van der Waals surface area contributed by atoms with Crippen molar-refractivity contribution in [1.29, 1.82) is 0 Å². The van der Waals surface area contributed by atoms with Crippen molar-refractivity contribution in [2.24, 2.45) is 0 Å². The molecule has 1 aliphatic rings. The summed E-state index contributed by atoms with van der Waals surface area (Å²) in [5.41, 5.74) is 13.0. The molecule has 0 bridgehead atoms. The SMILES string of the molecule is c1ccc(-n2c3c(c4ccccc42)-c2c(n(-c4cccc(-c5ccc6ccccc6c5)c4)c4ccccc24)CC3)cc1. The summed E-state index contributed by atoms with van der Waals surface area (Å²) in [6.07, 6.45) is 1.98. The number of hydrogen-bond donors (Lipinski definition) is 0. The summed E-state index contributed by atoms with van der Waals surface area (Å²) in [5.74, 6) is 0. The molecule has 0 saturated heterocycles. The van der Waals surface area contributed by atoms with Crippen molar-refractivity contribution in [3.05, 3.63) is 157 Å². The van der Waals surface area contributed by atoms with Crippen LogP contribution in [0.25, 0.3) is 66.2 Å². The lowest BCUT2D eigenvalue weighted by molar-refractivity contribution is 0.822. The second-order valence-electron chi connectivity index (χ2n) is 11.3. The molecule has 0 atom stereocenters. The quantitative estimate of drug-likeness (QED) is 0.213. The Morgan fingerprint density at radius 3 is 1.64 bits per heavy atom. The van der Waals surface area contributed by atoms with E-state index in [-0.39, 0.29) is 0 Å². The Labute approximate surface area is 244 Å². The average Bonchev–Trinajstić information content (AvgIpc) is 3.58. The molecule has 198 valence electrons. The van der Waals surface area contributed by atoms with Crippen molar-refractivity contribution >= 4 is 32.6 Å². The molecule has 8 aromatic rings. The molecular formula is C40H28N2. The van der Waals surface area contributed by atoms with E-state index in [9.17, 15) is 0 Å². The van der Waals surface area contributed by atoms with Crippen molar-refractivity contribution in [3.63, 3.8) is 0 Å². The van der Waals surface area contributed by atoms with Crippen molar-refractivity contribution in [2.75, 3.05) is 0 Å². The minimum absolute atomic E-state index is 0.986. The zero-order valence-electron chi connectivity index (χ0n) is 23.2. The summed E-state index contributed by atoms with van der Waals surface area (Å²) >= 11 is 0. The van der Waals surface area contributed by atoms with Gasteiger partial charge in [-0.1, -0.05) is 103 Å². The van der Waals surface area contributed by atoms with Gasteiger partial charge in [0.1, 0.15) is 0 Å². The zero-order valence-corrected chi connectivity index (χ0v) is 23.2. The number of hydrogen-bond acceptors (Lipinski definition) is 0. The number of nitrogens with zero attached hydrogens (tertiary/aromatic N) is 2. The largest absolute Gasteiger partial charge is 0.313 e. The fourth-order valence-corrected chi connectivity index (χ4v) is 7.21. The molecule has 0 unspecified atom stereocenters. The van der Waals surface area contributed by atoms with Gasteiger partial charge in [0.25, 0.3) is 0 Å². The minimum Gasteiger partial charge on any atom is -0.313 e. The van der Waals surface area contributed by atoms with Crippen LogP contribution >= 0.6 is 0 Å². The van der Waals surface area contributed by atoms with Crippen LogP contribution in [0.2, 0.25) is 0 Å². The van der Waals surface area contributed by atoms with Gasteiger partial charge in [-0.25, -0.2) is 0 Å². The molecular weight excluding hydrogens is 508 g/mol. The summed E-state index contributed by atoms with van der Waals surface area (Å²) in [4.78, 5) is 0. The van der Waals surface area contributed by atoms with Crippen LogP contribution < -0.4 is 0 Å². The third-order valence-electron chi connectivity index (χ3n) is 9.00. The van der Waals surface area contributed by atoms with Gasteiger partial charge in [-0.05, 0) is 77.2 Å². The maximum atomic E-state index is 2.52. The predicted octanol–water partition coefficient (Wildman–Crippen LogP) is 10.2. The van der Waals surface area contributed by atoms with E-state index in [1.54, 1.807) is 0 Å². The normalized spacial score (nSPS) is 12.6. The molecule has 0 amide bonds. The highest BCUT2D eigenvalue weighted by Gasteiger charge is 2.30. The van der Waals surface area contributed by atoms with Crippen LogP contribution in [0.4, 0.5) is 0 Å². The smallest absolute Gasteiger partial charge is 0.0537 e. The van der Waals surface area contributed by atoms with E-state index >= 15 is 0 Å². The van der Waals surface area contributed by atoms with Gasteiger partial charge in [0.05, 0.1) is 11.0 Å². The first kappa shape index (κ1) is 23.4. The van der Waals surface area contributed by atoms with Crippen molar-refractivity contribution < 1.29 is 0 Å². The third-order valence-corrected chi connectivity index (χ3v) is 9.00. The molecule has 42 heavy (non-hydrogen) atoms. The Hall–Kier alpha value is -5.34. The molecule has 2 aromatic heterocycles. The van der Waals surface area contributed by atoms with E-state index in [1.165, 1.54) is 77.6 Å². The second kappa shape index (κ2) is 9.09. The fraction of sp³-hybridized carbons (Fsp3) is 0.0500. The number of rotatable bonds is 3. The van der Waals surface area contributed by atoms with E-state index in [1.807, 2.05) is 0 Å². The van der Waals surface area contributed by atoms with Gasteiger partial charge in [-0.3, -0.25) is 0 Å². The van der Waals surface area contributed by atoms with Gasteiger partial charge in [-0.2, -0.15) is 0 Å². The zero-order chi connectivity index (χ0) is 27.6. The second-order valence-corrected chi connectivity index (χ2v) is 11.3. The predicted molar refractivity (Wildman–Crippen MR) is 176 cm³/mol. The standard InChI is InChI=1S/C40H28N2/c1-2-14-31(15-3-1)41-35-19-8-6-17-33(35)39-37(41)23-24-38-40(39)34-18-7-9-20-36(34)42(38)32-16-10-13-29(26-32)30-22-21-27-11-4-5-12-28(27)25-30/h1-22,25-26H,23-24H2. The first-order valence-electron chi connectivity index (χ1n) is 14.8. The highest BCUT2D eigenvalue weighted by molar-refractivity contribution is 6.09. The summed E-state index contributed by atoms with van der Waals surface area (Å²) in [7, 11) is 0. The van der Waals surface area contributed by atoms with Crippen LogP contribution in [0.3, 0.4) is 0 Å². The molecule has 0 spiro atoms. The first-order chi connectivity index (χ1) is 20.8. The number of benzene rings is 6. The molecule has 1 aliphatic carbocycles. The van der Waals surface area contributed by atoms with Crippen LogP contribution in [0, 0.1) is 0 Å². The van der Waals surface area contributed by atoms with Gasteiger partial charge < -0.3 is 9.13 Å². The molecule has 6 aromatic carbocycles. The van der Waals surface area contributed by atoms with E-state index in [0.717, 1.165) is 12.8 Å². The Morgan fingerprint density at radius 2 is 0.929 bits per heavy atom. The van der Waals surface area contributed by atoms with E-state index in [4.69, 9.17) is 0 Å². The van der Waals surface area contributed by atoms with Crippen LogP contribution in [-0.4, -0.2) is 9.13 Å². The molecule has 2 nitrogen and oxygen atoms in total. The Kier molecular flexibility index (Phi) is 5.06. The van der Waals surface area contributed by atoms with Crippen LogP contribution in [0.5, 0.6) is 0 Å². The molecule has 0 fully saturated rings. The topological polar surface area (TPSA) is 9.86 Å². The summed E-state index contributed by atoms with van der Waals surface area (Å²) < 4.78 is 5.01. The van der Waals surface area contributed by atoms with Gasteiger partial charge in [0.2, 0.25) is 0 Å². The van der Waals surface area contributed by atoms with E-state index < -0.39 is 0 Å². The molecule has 0 N–H and O–H groups in total. The van der Waals surface area contributed by atoms with Crippen molar-refractivity contribution in [3.8, 4) is 33.6 Å². The van der Waals surface area contributed by atoms with Gasteiger partial charge in [0, 0.05) is 44.7 Å². The summed E-state index contributed by atoms with van der Waals surface area (Å²) in [5, 5.41) is 5.19. The van der Waals surface area contributed by atoms with Crippen molar-refractivity contribution in [1.82, 2.24) is 9.13 Å². The van der Waals surface area contributed by atoms with Crippen LogP contribution in [0.15, 0.2) is 146 Å². The molecule has 0 saturated carbocycles. The third kappa shape index (κ3) is 3.39. The number of para-hydroxylation sites is 3. The van der Waals surface area contributed by atoms with Gasteiger partial charge >= 0.3 is 0 Å². The maximum absolute atomic E-state index is 2.52. The monoisotopic (exact) mass is 536 g/mol. The van der Waals surface area contributed by atoms with E-state index in [2.05, 4.69) is 155 Å². The lowest BCUT2D eigenvalue weighted by Gasteiger charge is -2.20. The highest BCUT2D eigenvalue weighted by atomic mass is 15.0. The summed E-state index contributed by atoms with van der Waals surface area (Å²) in [6.45, 7) is 0. The number of fused-ring (bicyclic) bond motifs is 8. The van der Waals surface area contributed by atoms with Crippen LogP contribution in [-0.2, 0) is 12.8 Å². The Morgan fingerprint density at radius 1 is 0.381 bits per heavy atom. The first-order valence-corrected chi connectivity index (χ1v) is 14.8. The van der Waals surface area contributed by atoms with Crippen LogP contribution in [0.1, 0.15) is 11.4 Å². The molecule has 9 rings (SSSR count). The molecule has 0 radical (unpaired) electrons. The lowest BCUT2D eigenvalue weighted by Crippen LogP contribution is -2.10. The van der Waals surface area contributed by atoms with E-state index in [0.29, 0.717) is 0 Å². The number of aromatic nitrogens is 2. The summed E-state index contributed by atoms with van der Waals surface area (Å²) in [6, 6.07) is 53.1.